The highest BCUT2D eigenvalue weighted by Gasteiger charge is 2.25. The molecule has 0 aromatic heterocycles. The van der Waals surface area contributed by atoms with Crippen LogP contribution in [0.5, 0.6) is 0 Å². The van der Waals surface area contributed by atoms with E-state index in [1.807, 2.05) is 6.08 Å². The monoisotopic (exact) mass is 166 g/mol. The molecule has 2 nitrogen and oxygen atoms in total. The van der Waals surface area contributed by atoms with E-state index in [1.165, 1.54) is 0 Å². The molecule has 2 aliphatic rings. The van der Waals surface area contributed by atoms with E-state index in [-0.39, 0.29) is 6.10 Å². The predicted molar refractivity (Wildman–Crippen MR) is 46.9 cm³/mol. The fourth-order valence-electron chi connectivity index (χ4n) is 1.29. The van der Waals surface area contributed by atoms with Gasteiger partial charge in [0.25, 0.3) is 0 Å². The summed E-state index contributed by atoms with van der Waals surface area (Å²) in [7, 11) is 0. The van der Waals surface area contributed by atoms with Gasteiger partial charge in [0.2, 0.25) is 0 Å². The zero-order valence-electron chi connectivity index (χ0n) is 7.27. The Morgan fingerprint density at radius 1 is 1.42 bits per heavy atom. The van der Waals surface area contributed by atoms with Crippen LogP contribution in [0.2, 0.25) is 0 Å². The molecule has 2 rings (SSSR count). The molecule has 0 aromatic rings. The van der Waals surface area contributed by atoms with Crippen molar-refractivity contribution in [3.8, 4) is 0 Å². The maximum Gasteiger partial charge on any atom is 0.104 e. The van der Waals surface area contributed by atoms with E-state index < -0.39 is 0 Å². The molecule has 0 spiro atoms. The number of hydrogen-bond acceptors (Lipinski definition) is 2. The van der Waals surface area contributed by atoms with E-state index in [2.05, 4.69) is 25.2 Å². The molecule has 0 amide bonds. The molecule has 1 heterocycles. The molecule has 0 N–H and O–H groups in total. The van der Waals surface area contributed by atoms with Crippen LogP contribution in [-0.2, 0) is 9.47 Å². The van der Waals surface area contributed by atoms with Gasteiger partial charge in [0.1, 0.15) is 6.10 Å². The summed E-state index contributed by atoms with van der Waals surface area (Å²) in [6.07, 6.45) is 9.00. The lowest BCUT2D eigenvalue weighted by molar-refractivity contribution is 0.0508. The number of ether oxygens (including phenoxy) is 2. The summed E-state index contributed by atoms with van der Waals surface area (Å²) in [6, 6.07) is 0. The van der Waals surface area contributed by atoms with Crippen molar-refractivity contribution in [3.63, 3.8) is 0 Å². The average molecular weight is 166 g/mol. The Labute approximate surface area is 72.9 Å². The number of hydrogen-bond donors (Lipinski definition) is 0. The molecule has 0 radical (unpaired) electrons. The van der Waals surface area contributed by atoms with Crippen LogP contribution in [0.1, 0.15) is 6.92 Å². The molecule has 0 saturated carbocycles. The van der Waals surface area contributed by atoms with Gasteiger partial charge in [-0.05, 0) is 0 Å². The van der Waals surface area contributed by atoms with Gasteiger partial charge < -0.3 is 9.47 Å². The molecule has 1 aliphatic heterocycles. The molecule has 66 valence electrons. The summed E-state index contributed by atoms with van der Waals surface area (Å²) in [6.45, 7) is 3.78. The summed E-state index contributed by atoms with van der Waals surface area (Å²) in [5, 5.41) is 0. The molecular weight excluding hydrogens is 152 g/mol. The Morgan fingerprint density at radius 3 is 2.83 bits per heavy atom. The molecule has 3 unspecified atom stereocenters. The molecular formula is C10H14O2. The van der Waals surface area contributed by atoms with Crippen molar-refractivity contribution in [2.24, 2.45) is 5.92 Å². The van der Waals surface area contributed by atoms with Gasteiger partial charge in [-0.3, -0.25) is 0 Å². The van der Waals surface area contributed by atoms with Crippen molar-refractivity contribution in [2.75, 3.05) is 13.2 Å². The van der Waals surface area contributed by atoms with Gasteiger partial charge in [-0.1, -0.05) is 31.2 Å². The van der Waals surface area contributed by atoms with Crippen LogP contribution < -0.4 is 0 Å². The summed E-state index contributed by atoms with van der Waals surface area (Å²) in [5.41, 5.74) is 0. The largest absolute Gasteiger partial charge is 0.371 e. The Hall–Kier alpha value is -0.600. The Balaban J connectivity index is 1.77. The third kappa shape index (κ3) is 1.96. The Kier molecular flexibility index (Phi) is 2.28. The third-order valence-electron chi connectivity index (χ3n) is 2.22. The first kappa shape index (κ1) is 8.02. The number of rotatable bonds is 3. The van der Waals surface area contributed by atoms with Gasteiger partial charge in [0.05, 0.1) is 19.3 Å². The Bertz CT molecular complexity index is 204. The lowest BCUT2D eigenvalue weighted by Gasteiger charge is -2.20. The van der Waals surface area contributed by atoms with Gasteiger partial charge in [-0.15, -0.1) is 0 Å². The smallest absolute Gasteiger partial charge is 0.104 e. The minimum absolute atomic E-state index is 0.249. The SMILES string of the molecule is CC1C=CC=CC1OCC1CO1. The highest BCUT2D eigenvalue weighted by atomic mass is 16.6. The van der Waals surface area contributed by atoms with Crippen molar-refractivity contribution >= 4 is 0 Å². The second-order valence-electron chi connectivity index (χ2n) is 3.38. The molecule has 1 aliphatic carbocycles. The van der Waals surface area contributed by atoms with Crippen molar-refractivity contribution in [3.05, 3.63) is 24.3 Å². The van der Waals surface area contributed by atoms with Crippen molar-refractivity contribution in [1.29, 1.82) is 0 Å². The van der Waals surface area contributed by atoms with Gasteiger partial charge in [0, 0.05) is 5.92 Å². The molecule has 0 bridgehead atoms. The van der Waals surface area contributed by atoms with Crippen LogP contribution in [0.3, 0.4) is 0 Å². The zero-order valence-corrected chi connectivity index (χ0v) is 7.27. The summed E-state index contributed by atoms with van der Waals surface area (Å²) < 4.78 is 10.7. The number of epoxide rings is 1. The van der Waals surface area contributed by atoms with Crippen LogP contribution >= 0.6 is 0 Å². The molecule has 0 aromatic carbocycles. The van der Waals surface area contributed by atoms with Crippen molar-refractivity contribution < 1.29 is 9.47 Å². The van der Waals surface area contributed by atoms with Gasteiger partial charge in [-0.2, -0.15) is 0 Å². The van der Waals surface area contributed by atoms with E-state index in [4.69, 9.17) is 9.47 Å². The lowest BCUT2D eigenvalue weighted by Crippen LogP contribution is -2.21. The minimum atomic E-state index is 0.249. The van der Waals surface area contributed by atoms with E-state index in [0.717, 1.165) is 13.2 Å². The first-order chi connectivity index (χ1) is 5.86. The molecule has 12 heavy (non-hydrogen) atoms. The maximum atomic E-state index is 5.66. The van der Waals surface area contributed by atoms with E-state index in [0.29, 0.717) is 12.0 Å². The standard InChI is InChI=1S/C10H14O2/c1-8-4-2-3-5-10(8)12-7-9-6-11-9/h2-5,8-10H,6-7H2,1H3. The van der Waals surface area contributed by atoms with E-state index in [9.17, 15) is 0 Å². The van der Waals surface area contributed by atoms with Crippen LogP contribution in [0.25, 0.3) is 0 Å². The van der Waals surface area contributed by atoms with Gasteiger partial charge >= 0.3 is 0 Å². The highest BCUT2D eigenvalue weighted by Crippen LogP contribution is 2.17. The quantitative estimate of drug-likeness (QED) is 0.593. The maximum absolute atomic E-state index is 5.66. The first-order valence-electron chi connectivity index (χ1n) is 4.44. The van der Waals surface area contributed by atoms with Crippen LogP contribution in [0, 0.1) is 5.92 Å². The average Bonchev–Trinajstić information content (AvgIpc) is 2.86. The third-order valence-corrected chi connectivity index (χ3v) is 2.22. The highest BCUT2D eigenvalue weighted by molar-refractivity contribution is 5.14. The van der Waals surface area contributed by atoms with Crippen LogP contribution in [0.15, 0.2) is 24.3 Å². The minimum Gasteiger partial charge on any atom is -0.371 e. The van der Waals surface area contributed by atoms with Crippen molar-refractivity contribution in [2.45, 2.75) is 19.1 Å². The molecule has 2 heteroatoms. The van der Waals surface area contributed by atoms with Crippen molar-refractivity contribution in [1.82, 2.24) is 0 Å². The summed E-state index contributed by atoms with van der Waals surface area (Å²) >= 11 is 0. The normalized spacial score (nSPS) is 38.6. The van der Waals surface area contributed by atoms with Gasteiger partial charge in [0.15, 0.2) is 0 Å². The fraction of sp³-hybridized carbons (Fsp3) is 0.600. The number of allylic oxidation sites excluding steroid dienone is 2. The predicted octanol–water partition coefficient (Wildman–Crippen LogP) is 1.53. The Morgan fingerprint density at radius 2 is 2.17 bits per heavy atom. The summed E-state index contributed by atoms with van der Waals surface area (Å²) in [4.78, 5) is 0. The lowest BCUT2D eigenvalue weighted by atomic mass is 10.00. The van der Waals surface area contributed by atoms with E-state index >= 15 is 0 Å². The molecule has 1 fully saturated rings. The molecule has 3 atom stereocenters. The molecule has 1 saturated heterocycles. The second kappa shape index (κ2) is 3.42. The van der Waals surface area contributed by atoms with Crippen LogP contribution in [-0.4, -0.2) is 25.4 Å². The topological polar surface area (TPSA) is 21.8 Å². The summed E-state index contributed by atoms with van der Waals surface area (Å²) in [5.74, 6) is 0.494. The second-order valence-corrected chi connectivity index (χ2v) is 3.38. The first-order valence-corrected chi connectivity index (χ1v) is 4.44. The van der Waals surface area contributed by atoms with Gasteiger partial charge in [-0.25, -0.2) is 0 Å². The van der Waals surface area contributed by atoms with E-state index in [1.54, 1.807) is 0 Å². The zero-order chi connectivity index (χ0) is 8.39. The fourth-order valence-corrected chi connectivity index (χ4v) is 1.29. The van der Waals surface area contributed by atoms with Crippen LogP contribution in [0.4, 0.5) is 0 Å².